The van der Waals surface area contributed by atoms with Gasteiger partial charge >= 0.3 is 5.69 Å². The van der Waals surface area contributed by atoms with Crippen molar-refractivity contribution in [2.45, 2.75) is 70.3 Å². The molecule has 2 aromatic carbocycles. The van der Waals surface area contributed by atoms with Crippen molar-refractivity contribution in [1.82, 2.24) is 9.55 Å². The summed E-state index contributed by atoms with van der Waals surface area (Å²) < 4.78 is 26.0. The van der Waals surface area contributed by atoms with Crippen molar-refractivity contribution in [2.24, 2.45) is 0 Å². The molecule has 2 N–H and O–H groups in total. The molecule has 1 fully saturated rings. The number of benzene rings is 2. The molecule has 1 saturated heterocycles. The van der Waals surface area contributed by atoms with E-state index in [1.165, 1.54) is 10.8 Å². The average Bonchev–Trinajstić information content (AvgIpc) is 3.21. The molecular formula is C30H40N2O7Si. The molecule has 1 unspecified atom stereocenters. The molecule has 10 heteroatoms. The second-order valence-corrected chi connectivity index (χ2v) is 15.7. The van der Waals surface area contributed by atoms with Crippen LogP contribution < -0.4 is 21.6 Å². The minimum Gasteiger partial charge on any atom is -0.405 e. The van der Waals surface area contributed by atoms with E-state index < -0.39 is 44.1 Å². The quantitative estimate of drug-likeness (QED) is 0.360. The number of nitrogens with zero attached hydrogens (tertiary/aromatic N) is 1. The number of hydrogen-bond acceptors (Lipinski definition) is 7. The third-order valence-electron chi connectivity index (χ3n) is 7.40. The van der Waals surface area contributed by atoms with Crippen LogP contribution in [0.4, 0.5) is 0 Å². The summed E-state index contributed by atoms with van der Waals surface area (Å²) in [6.45, 7) is 10.3. The fourth-order valence-corrected chi connectivity index (χ4v) is 10.1. The maximum Gasteiger partial charge on any atom is 0.330 e. The smallest absolute Gasteiger partial charge is 0.330 e. The number of ether oxygens (including phenoxy) is 3. The molecule has 5 atom stereocenters. The molecule has 9 nitrogen and oxygen atoms in total. The van der Waals surface area contributed by atoms with Gasteiger partial charge in [0.15, 0.2) is 6.23 Å². The van der Waals surface area contributed by atoms with Gasteiger partial charge in [0, 0.05) is 18.9 Å². The predicted octanol–water partition coefficient (Wildman–Crippen LogP) is 2.10. The highest BCUT2D eigenvalue weighted by Gasteiger charge is 2.53. The van der Waals surface area contributed by atoms with E-state index in [-0.39, 0.29) is 17.7 Å². The van der Waals surface area contributed by atoms with Gasteiger partial charge in [-0.15, -0.1) is 0 Å². The standard InChI is InChI=1S/C30H40N2O7Si/c1-20-17-32(29(35)31-27(20)34)28-26(38-21(2)18-36-6)25(33)24(39-28)19-37-40(30(3,4)5,22-13-9-7-10-14-22)23-15-11-8-12-16-23/h7-17,21,24-26,28,33H,18-19H2,1-6H3,(H,31,34,35)/t21-,24-,25?,26+,28-/m1/s1. The van der Waals surface area contributed by atoms with Crippen molar-refractivity contribution in [3.63, 3.8) is 0 Å². The maximum absolute atomic E-state index is 12.8. The summed E-state index contributed by atoms with van der Waals surface area (Å²) in [5, 5.41) is 13.4. The average molecular weight is 569 g/mol. The van der Waals surface area contributed by atoms with Crippen LogP contribution in [0.15, 0.2) is 76.4 Å². The summed E-state index contributed by atoms with van der Waals surface area (Å²) in [5.74, 6) is 0. The van der Waals surface area contributed by atoms with E-state index in [9.17, 15) is 14.7 Å². The lowest BCUT2D eigenvalue weighted by Crippen LogP contribution is -2.67. The third kappa shape index (κ3) is 5.92. The number of H-pyrrole nitrogens is 1. The number of methoxy groups -OCH3 is 1. The van der Waals surface area contributed by atoms with Crippen molar-refractivity contribution in [2.75, 3.05) is 20.3 Å². The molecule has 0 radical (unpaired) electrons. The van der Waals surface area contributed by atoms with Crippen LogP contribution in [0, 0.1) is 6.92 Å². The molecule has 3 aromatic rings. The molecule has 1 aliphatic heterocycles. The minimum absolute atomic E-state index is 0.0700. The highest BCUT2D eigenvalue weighted by Crippen LogP contribution is 2.38. The van der Waals surface area contributed by atoms with E-state index in [1.54, 1.807) is 14.0 Å². The second kappa shape index (κ2) is 12.3. The summed E-state index contributed by atoms with van der Waals surface area (Å²) >= 11 is 0. The van der Waals surface area contributed by atoms with Crippen LogP contribution >= 0.6 is 0 Å². The Kier molecular flexibility index (Phi) is 9.28. The lowest BCUT2D eigenvalue weighted by Gasteiger charge is -2.43. The van der Waals surface area contributed by atoms with Gasteiger partial charge in [-0.05, 0) is 29.3 Å². The molecule has 1 aliphatic rings. The number of nitrogens with one attached hydrogen (secondary N) is 1. The van der Waals surface area contributed by atoms with Crippen LogP contribution in [0.25, 0.3) is 0 Å². The van der Waals surface area contributed by atoms with E-state index in [1.807, 2.05) is 43.3 Å². The Balaban J connectivity index is 1.72. The van der Waals surface area contributed by atoms with E-state index in [0.29, 0.717) is 12.2 Å². The number of rotatable bonds is 10. The molecule has 0 bridgehead atoms. The van der Waals surface area contributed by atoms with Crippen LogP contribution in [0.2, 0.25) is 5.04 Å². The minimum atomic E-state index is -2.91. The van der Waals surface area contributed by atoms with Crippen molar-refractivity contribution in [1.29, 1.82) is 0 Å². The highest BCUT2D eigenvalue weighted by molar-refractivity contribution is 6.99. The zero-order valence-corrected chi connectivity index (χ0v) is 25.0. The maximum atomic E-state index is 12.8. The first kappa shape index (κ1) is 30.1. The Bertz CT molecular complexity index is 1330. The van der Waals surface area contributed by atoms with Gasteiger partial charge in [0.05, 0.1) is 19.3 Å². The third-order valence-corrected chi connectivity index (χ3v) is 12.4. The Morgan fingerprint density at radius 3 is 2.15 bits per heavy atom. The van der Waals surface area contributed by atoms with Gasteiger partial charge in [0.25, 0.3) is 13.9 Å². The molecule has 1 aromatic heterocycles. The van der Waals surface area contributed by atoms with Crippen LogP contribution in [0.5, 0.6) is 0 Å². The summed E-state index contributed by atoms with van der Waals surface area (Å²) in [6.07, 6.45) is -2.74. The van der Waals surface area contributed by atoms with Gasteiger partial charge < -0.3 is 23.7 Å². The molecule has 0 saturated carbocycles. The first-order valence-corrected chi connectivity index (χ1v) is 15.5. The van der Waals surface area contributed by atoms with E-state index >= 15 is 0 Å². The Hall–Kier alpha value is -2.86. The van der Waals surface area contributed by atoms with Gasteiger partial charge in [0.1, 0.15) is 18.3 Å². The zero-order valence-electron chi connectivity index (χ0n) is 24.0. The van der Waals surface area contributed by atoms with E-state index in [4.69, 9.17) is 18.6 Å². The number of aliphatic hydroxyl groups excluding tert-OH is 1. The topological polar surface area (TPSA) is 112 Å². The van der Waals surface area contributed by atoms with Gasteiger partial charge in [-0.25, -0.2) is 4.79 Å². The molecule has 0 amide bonds. The molecule has 216 valence electrons. The molecule has 0 aliphatic carbocycles. The number of hydrogen-bond donors (Lipinski definition) is 2. The molecule has 40 heavy (non-hydrogen) atoms. The molecular weight excluding hydrogens is 528 g/mol. The second-order valence-electron chi connectivity index (χ2n) is 11.4. The SMILES string of the molecule is COC[C@@H](C)O[C@H]1C(O)[C@@H](CO[Si](c2ccccc2)(c2ccccc2)C(C)(C)C)O[C@H]1n1cc(C)c(=O)[nH]c1=O. The largest absolute Gasteiger partial charge is 0.405 e. The van der Waals surface area contributed by atoms with Crippen LogP contribution in [-0.2, 0) is 18.6 Å². The molecule has 4 rings (SSSR count). The fourth-order valence-electron chi connectivity index (χ4n) is 5.51. The first-order valence-electron chi connectivity index (χ1n) is 13.5. The van der Waals surface area contributed by atoms with E-state index in [0.717, 1.165) is 10.4 Å². The summed E-state index contributed by atoms with van der Waals surface area (Å²) in [4.78, 5) is 27.2. The normalized spacial score (nSPS) is 22.4. The number of aliphatic hydroxyl groups is 1. The lowest BCUT2D eigenvalue weighted by atomic mass is 10.1. The van der Waals surface area contributed by atoms with Crippen LogP contribution in [0.1, 0.15) is 39.5 Å². The fraction of sp³-hybridized carbons (Fsp3) is 0.467. The van der Waals surface area contributed by atoms with Gasteiger partial charge in [-0.3, -0.25) is 14.3 Å². The highest BCUT2D eigenvalue weighted by atomic mass is 28.4. The zero-order chi connectivity index (χ0) is 29.1. The number of aryl methyl sites for hydroxylation is 1. The molecule has 0 spiro atoms. The number of aromatic amines is 1. The van der Waals surface area contributed by atoms with Crippen molar-refractivity contribution < 1.29 is 23.7 Å². The summed E-state index contributed by atoms with van der Waals surface area (Å²) in [7, 11) is -1.34. The van der Waals surface area contributed by atoms with Crippen LogP contribution in [-0.4, -0.2) is 67.7 Å². The lowest BCUT2D eigenvalue weighted by molar-refractivity contribution is -0.111. The Morgan fingerprint density at radius 2 is 1.62 bits per heavy atom. The Morgan fingerprint density at radius 1 is 1.05 bits per heavy atom. The van der Waals surface area contributed by atoms with Gasteiger partial charge in [0.2, 0.25) is 0 Å². The van der Waals surface area contributed by atoms with E-state index in [2.05, 4.69) is 50.0 Å². The monoisotopic (exact) mass is 568 g/mol. The van der Waals surface area contributed by atoms with Gasteiger partial charge in [-0.1, -0.05) is 81.4 Å². The van der Waals surface area contributed by atoms with Crippen molar-refractivity contribution >= 4 is 18.7 Å². The predicted molar refractivity (Wildman–Crippen MR) is 156 cm³/mol. The first-order chi connectivity index (χ1) is 19.0. The Labute approximate surface area is 235 Å². The van der Waals surface area contributed by atoms with Crippen LogP contribution in [0.3, 0.4) is 0 Å². The van der Waals surface area contributed by atoms with Crippen molar-refractivity contribution in [3.05, 3.63) is 93.3 Å². The molecule has 2 heterocycles. The van der Waals surface area contributed by atoms with Crippen molar-refractivity contribution in [3.8, 4) is 0 Å². The summed E-state index contributed by atoms with van der Waals surface area (Å²) in [5.41, 5.74) is -0.778. The van der Waals surface area contributed by atoms with Gasteiger partial charge in [-0.2, -0.15) is 0 Å². The summed E-state index contributed by atoms with van der Waals surface area (Å²) in [6, 6.07) is 20.4. The number of aromatic nitrogens is 2.